The number of carbonyl (C=O) groups excluding carboxylic acids is 3. The lowest BCUT2D eigenvalue weighted by molar-refractivity contribution is -0.123. The number of likely N-dealkylation sites (N-methyl/N-ethyl adjacent to an activating group) is 1. The zero-order valence-corrected chi connectivity index (χ0v) is 12.3. The van der Waals surface area contributed by atoms with Crippen molar-refractivity contribution in [3.05, 3.63) is 29.3 Å². The quantitative estimate of drug-likeness (QED) is 0.792. The van der Waals surface area contributed by atoms with Crippen LogP contribution >= 0.6 is 0 Å². The molecule has 0 saturated carbocycles. The summed E-state index contributed by atoms with van der Waals surface area (Å²) in [6.45, 7) is 4.89. The molecule has 0 saturated heterocycles. The maximum Gasteiger partial charge on any atom is 0.237 e. The summed E-state index contributed by atoms with van der Waals surface area (Å²) >= 11 is 0. The fourth-order valence-corrected chi connectivity index (χ4v) is 2.75. The molecule has 1 amide bonds. The number of hydrogen-bond donors (Lipinski definition) is 0. The molecule has 20 heavy (non-hydrogen) atoms. The van der Waals surface area contributed by atoms with Gasteiger partial charge in [0.05, 0.1) is 5.41 Å². The molecule has 0 aliphatic carbocycles. The van der Waals surface area contributed by atoms with Crippen molar-refractivity contribution in [3.63, 3.8) is 0 Å². The fraction of sp³-hybridized carbons (Fsp3) is 0.438. The van der Waals surface area contributed by atoms with Gasteiger partial charge in [0.15, 0.2) is 5.78 Å². The molecule has 1 aromatic carbocycles. The highest BCUT2D eigenvalue weighted by Gasteiger charge is 2.45. The van der Waals surface area contributed by atoms with Crippen molar-refractivity contribution in [3.8, 4) is 0 Å². The van der Waals surface area contributed by atoms with Crippen molar-refractivity contribution in [2.45, 2.75) is 39.0 Å². The molecule has 4 nitrogen and oxygen atoms in total. The van der Waals surface area contributed by atoms with Crippen molar-refractivity contribution < 1.29 is 14.4 Å². The lowest BCUT2D eigenvalue weighted by atomic mass is 9.78. The van der Waals surface area contributed by atoms with Crippen molar-refractivity contribution in [1.29, 1.82) is 0 Å². The SMILES string of the molecule is CC(=O)CCC1(C)C(=O)N(C)c2ccc(C(C)=O)cc21. The molecule has 0 spiro atoms. The number of anilines is 1. The lowest BCUT2D eigenvalue weighted by Gasteiger charge is -2.22. The molecule has 1 unspecified atom stereocenters. The largest absolute Gasteiger partial charge is 0.314 e. The van der Waals surface area contributed by atoms with Gasteiger partial charge in [-0.1, -0.05) is 0 Å². The molecule has 4 heteroatoms. The van der Waals surface area contributed by atoms with E-state index >= 15 is 0 Å². The second kappa shape index (κ2) is 4.85. The monoisotopic (exact) mass is 273 g/mol. The Morgan fingerprint density at radius 2 is 1.90 bits per heavy atom. The Labute approximate surface area is 118 Å². The average Bonchev–Trinajstić information content (AvgIpc) is 2.59. The number of carbonyl (C=O) groups is 3. The Bertz CT molecular complexity index is 606. The standard InChI is InChI=1S/C16H19NO3/c1-10(18)7-8-16(3)13-9-12(11(2)19)5-6-14(13)17(4)15(16)20/h5-6,9H,7-8H2,1-4H3. The summed E-state index contributed by atoms with van der Waals surface area (Å²) < 4.78 is 0. The minimum absolute atomic E-state index is 0.0190. The van der Waals surface area contributed by atoms with Gasteiger partial charge in [0.2, 0.25) is 5.91 Å². The van der Waals surface area contributed by atoms with Gasteiger partial charge in [-0.3, -0.25) is 9.59 Å². The third-order valence-corrected chi connectivity index (χ3v) is 4.11. The Hall–Kier alpha value is -1.97. The van der Waals surface area contributed by atoms with E-state index in [9.17, 15) is 14.4 Å². The first kappa shape index (κ1) is 14.4. The van der Waals surface area contributed by atoms with Crippen molar-refractivity contribution >= 4 is 23.2 Å². The Morgan fingerprint density at radius 1 is 1.25 bits per heavy atom. The fourth-order valence-electron chi connectivity index (χ4n) is 2.75. The molecular weight excluding hydrogens is 254 g/mol. The van der Waals surface area contributed by atoms with Crippen LogP contribution in [0.3, 0.4) is 0 Å². The molecule has 0 bridgehead atoms. The normalized spacial score (nSPS) is 21.0. The number of nitrogens with zero attached hydrogens (tertiary/aromatic N) is 1. The summed E-state index contributed by atoms with van der Waals surface area (Å²) in [5, 5.41) is 0. The Balaban J connectivity index is 2.51. The van der Waals surface area contributed by atoms with E-state index in [0.717, 1.165) is 11.3 Å². The van der Waals surface area contributed by atoms with Gasteiger partial charge < -0.3 is 9.69 Å². The van der Waals surface area contributed by atoms with E-state index in [1.807, 2.05) is 13.0 Å². The molecule has 1 heterocycles. The second-order valence-corrected chi connectivity index (χ2v) is 5.69. The number of hydrogen-bond acceptors (Lipinski definition) is 3. The number of benzene rings is 1. The van der Waals surface area contributed by atoms with Crippen LogP contribution in [0.1, 0.15) is 49.5 Å². The van der Waals surface area contributed by atoms with Gasteiger partial charge in [-0.25, -0.2) is 0 Å². The van der Waals surface area contributed by atoms with Crippen molar-refractivity contribution in [1.82, 2.24) is 0 Å². The van der Waals surface area contributed by atoms with Crippen LogP contribution in [0.25, 0.3) is 0 Å². The van der Waals surface area contributed by atoms with Gasteiger partial charge in [0.25, 0.3) is 0 Å². The first-order valence-electron chi connectivity index (χ1n) is 6.70. The van der Waals surface area contributed by atoms with Crippen LogP contribution in [0.15, 0.2) is 18.2 Å². The summed E-state index contributed by atoms with van der Waals surface area (Å²) in [5.74, 6) is 0.0241. The van der Waals surface area contributed by atoms with Gasteiger partial charge in [-0.15, -0.1) is 0 Å². The molecular formula is C16H19NO3. The number of Topliss-reactive ketones (excluding diaryl/α,β-unsaturated/α-hetero) is 2. The molecule has 1 aromatic rings. The Kier molecular flexibility index (Phi) is 3.50. The number of rotatable bonds is 4. The summed E-state index contributed by atoms with van der Waals surface area (Å²) in [6, 6.07) is 5.34. The van der Waals surface area contributed by atoms with E-state index in [4.69, 9.17) is 0 Å². The van der Waals surface area contributed by atoms with Crippen LogP contribution < -0.4 is 4.90 Å². The van der Waals surface area contributed by atoms with E-state index in [0.29, 0.717) is 18.4 Å². The minimum atomic E-state index is -0.721. The van der Waals surface area contributed by atoms with Crippen LogP contribution in [-0.4, -0.2) is 24.5 Å². The first-order valence-corrected chi connectivity index (χ1v) is 6.70. The molecule has 0 radical (unpaired) electrons. The number of fused-ring (bicyclic) bond motifs is 1. The van der Waals surface area contributed by atoms with Gasteiger partial charge in [-0.2, -0.15) is 0 Å². The van der Waals surface area contributed by atoms with E-state index < -0.39 is 5.41 Å². The molecule has 1 aliphatic rings. The van der Waals surface area contributed by atoms with E-state index in [-0.39, 0.29) is 17.5 Å². The predicted molar refractivity (Wildman–Crippen MR) is 77.1 cm³/mol. The summed E-state index contributed by atoms with van der Waals surface area (Å²) in [5.41, 5.74) is 1.55. The lowest BCUT2D eigenvalue weighted by Crippen LogP contribution is -2.36. The Morgan fingerprint density at radius 3 is 2.45 bits per heavy atom. The molecule has 106 valence electrons. The molecule has 1 atom stereocenters. The van der Waals surface area contributed by atoms with E-state index in [1.165, 1.54) is 13.8 Å². The zero-order valence-electron chi connectivity index (χ0n) is 12.3. The highest BCUT2D eigenvalue weighted by molar-refractivity contribution is 6.08. The maximum atomic E-state index is 12.5. The zero-order chi connectivity index (χ0) is 15.1. The first-order chi connectivity index (χ1) is 9.27. The molecule has 2 rings (SSSR count). The van der Waals surface area contributed by atoms with Gasteiger partial charge in [0.1, 0.15) is 5.78 Å². The van der Waals surface area contributed by atoms with Crippen molar-refractivity contribution in [2.75, 3.05) is 11.9 Å². The molecule has 1 aliphatic heterocycles. The molecule has 0 fully saturated rings. The molecule has 0 N–H and O–H groups in total. The topological polar surface area (TPSA) is 54.5 Å². The average molecular weight is 273 g/mol. The van der Waals surface area contributed by atoms with Crippen LogP contribution in [0.5, 0.6) is 0 Å². The van der Waals surface area contributed by atoms with Crippen LogP contribution in [0, 0.1) is 0 Å². The summed E-state index contributed by atoms with van der Waals surface area (Å²) in [6.07, 6.45) is 0.833. The smallest absolute Gasteiger partial charge is 0.237 e. The van der Waals surface area contributed by atoms with Gasteiger partial charge in [-0.05, 0) is 51.0 Å². The predicted octanol–water partition coefficient (Wildman–Crippen LogP) is 2.49. The van der Waals surface area contributed by atoms with Crippen molar-refractivity contribution in [2.24, 2.45) is 0 Å². The number of amides is 1. The third-order valence-electron chi connectivity index (χ3n) is 4.11. The van der Waals surface area contributed by atoms with E-state index in [2.05, 4.69) is 0 Å². The van der Waals surface area contributed by atoms with Crippen LogP contribution in [-0.2, 0) is 15.0 Å². The third kappa shape index (κ3) is 2.15. The number of ketones is 2. The van der Waals surface area contributed by atoms with Gasteiger partial charge >= 0.3 is 0 Å². The van der Waals surface area contributed by atoms with Crippen LogP contribution in [0.2, 0.25) is 0 Å². The van der Waals surface area contributed by atoms with Crippen LogP contribution in [0.4, 0.5) is 5.69 Å². The van der Waals surface area contributed by atoms with Gasteiger partial charge in [0, 0.05) is 24.7 Å². The summed E-state index contributed by atoms with van der Waals surface area (Å²) in [7, 11) is 1.73. The minimum Gasteiger partial charge on any atom is -0.314 e. The summed E-state index contributed by atoms with van der Waals surface area (Å²) in [4.78, 5) is 36.9. The second-order valence-electron chi connectivity index (χ2n) is 5.69. The highest BCUT2D eigenvalue weighted by atomic mass is 16.2. The highest BCUT2D eigenvalue weighted by Crippen LogP contribution is 2.44. The maximum absolute atomic E-state index is 12.5. The molecule has 0 aromatic heterocycles. The van der Waals surface area contributed by atoms with E-state index in [1.54, 1.807) is 24.1 Å².